The SMILES string of the molecule is CC(C)(C)[C@H]1CCc2c(sc(N=Cc3cc(-c4ccccc4)n(-c4ccccc4)c3-c3ccccc3)c2C#N)C1. The molecule has 0 aliphatic heterocycles. The van der Waals surface area contributed by atoms with E-state index < -0.39 is 0 Å². The fourth-order valence-corrected chi connectivity index (χ4v) is 7.05. The van der Waals surface area contributed by atoms with Crippen molar-refractivity contribution in [3.8, 4) is 34.3 Å². The third kappa shape index (κ3) is 4.94. The molecule has 1 aliphatic carbocycles. The summed E-state index contributed by atoms with van der Waals surface area (Å²) in [5.74, 6) is 0.625. The normalized spacial score (nSPS) is 15.2. The van der Waals surface area contributed by atoms with E-state index in [1.54, 1.807) is 11.3 Å². The summed E-state index contributed by atoms with van der Waals surface area (Å²) in [4.78, 5) is 6.36. The molecule has 198 valence electrons. The van der Waals surface area contributed by atoms with Crippen molar-refractivity contribution in [1.82, 2.24) is 4.57 Å². The molecule has 2 heterocycles. The van der Waals surface area contributed by atoms with Crippen LogP contribution in [0.3, 0.4) is 0 Å². The Bertz CT molecular complexity index is 1700. The minimum atomic E-state index is 0.261. The molecule has 0 bridgehead atoms. The van der Waals surface area contributed by atoms with Crippen molar-refractivity contribution in [2.75, 3.05) is 0 Å². The maximum Gasteiger partial charge on any atom is 0.134 e. The quantitative estimate of drug-likeness (QED) is 0.205. The van der Waals surface area contributed by atoms with Crippen LogP contribution in [0.4, 0.5) is 5.00 Å². The lowest BCUT2D eigenvalue weighted by atomic mass is 9.72. The Labute approximate surface area is 241 Å². The van der Waals surface area contributed by atoms with Crippen molar-refractivity contribution in [2.45, 2.75) is 40.0 Å². The van der Waals surface area contributed by atoms with Crippen LogP contribution in [-0.4, -0.2) is 10.8 Å². The molecule has 6 rings (SSSR count). The van der Waals surface area contributed by atoms with Crippen LogP contribution in [-0.2, 0) is 12.8 Å². The van der Waals surface area contributed by atoms with E-state index in [2.05, 4.69) is 110 Å². The first-order chi connectivity index (χ1) is 19.4. The third-order valence-corrected chi connectivity index (χ3v) is 9.23. The van der Waals surface area contributed by atoms with E-state index in [4.69, 9.17) is 4.99 Å². The summed E-state index contributed by atoms with van der Waals surface area (Å²) < 4.78 is 2.32. The molecule has 1 aliphatic rings. The Morgan fingerprint density at radius 2 is 1.52 bits per heavy atom. The number of rotatable bonds is 5. The molecule has 0 radical (unpaired) electrons. The van der Waals surface area contributed by atoms with Crippen LogP contribution in [0, 0.1) is 22.7 Å². The first-order valence-electron chi connectivity index (χ1n) is 13.9. The summed E-state index contributed by atoms with van der Waals surface area (Å²) in [7, 11) is 0. The number of nitriles is 1. The molecule has 0 amide bonds. The van der Waals surface area contributed by atoms with Gasteiger partial charge in [-0.15, -0.1) is 11.3 Å². The molecule has 0 N–H and O–H groups in total. The lowest BCUT2D eigenvalue weighted by molar-refractivity contribution is 0.218. The maximum atomic E-state index is 10.1. The van der Waals surface area contributed by atoms with E-state index >= 15 is 0 Å². The number of fused-ring (bicyclic) bond motifs is 1. The molecule has 4 heteroatoms. The van der Waals surface area contributed by atoms with Gasteiger partial charge in [0.1, 0.15) is 11.1 Å². The van der Waals surface area contributed by atoms with Crippen molar-refractivity contribution < 1.29 is 0 Å². The van der Waals surface area contributed by atoms with Crippen LogP contribution in [0.15, 0.2) is 102 Å². The second-order valence-electron chi connectivity index (χ2n) is 11.6. The van der Waals surface area contributed by atoms with Crippen molar-refractivity contribution in [2.24, 2.45) is 16.3 Å². The van der Waals surface area contributed by atoms with Gasteiger partial charge in [0.05, 0.1) is 17.0 Å². The maximum absolute atomic E-state index is 10.1. The molecule has 40 heavy (non-hydrogen) atoms. The van der Waals surface area contributed by atoms with Crippen molar-refractivity contribution >= 4 is 22.6 Å². The van der Waals surface area contributed by atoms with Crippen LogP contribution in [0.2, 0.25) is 0 Å². The number of aliphatic imine (C=N–C) groups is 1. The predicted molar refractivity (Wildman–Crippen MR) is 168 cm³/mol. The second-order valence-corrected chi connectivity index (χ2v) is 12.7. The number of nitrogens with zero attached hydrogens (tertiary/aromatic N) is 3. The second kappa shape index (κ2) is 10.8. The molecular formula is C36H33N3S. The minimum Gasteiger partial charge on any atom is -0.309 e. The van der Waals surface area contributed by atoms with Gasteiger partial charge in [-0.1, -0.05) is 99.6 Å². The lowest BCUT2D eigenvalue weighted by Crippen LogP contribution is -2.26. The van der Waals surface area contributed by atoms with Gasteiger partial charge in [-0.25, -0.2) is 4.99 Å². The van der Waals surface area contributed by atoms with Crippen LogP contribution >= 0.6 is 11.3 Å². The Morgan fingerprint density at radius 1 is 0.900 bits per heavy atom. The van der Waals surface area contributed by atoms with Gasteiger partial charge in [0.25, 0.3) is 0 Å². The van der Waals surface area contributed by atoms with Crippen LogP contribution < -0.4 is 0 Å². The Hall–Kier alpha value is -4.20. The number of aromatic nitrogens is 1. The zero-order valence-electron chi connectivity index (χ0n) is 23.3. The molecule has 3 nitrogen and oxygen atoms in total. The van der Waals surface area contributed by atoms with Crippen molar-refractivity contribution in [1.29, 1.82) is 5.26 Å². The minimum absolute atomic E-state index is 0.261. The first-order valence-corrected chi connectivity index (χ1v) is 14.8. The van der Waals surface area contributed by atoms with Gasteiger partial charge in [0, 0.05) is 22.3 Å². The van der Waals surface area contributed by atoms with Crippen LogP contribution in [0.5, 0.6) is 0 Å². The summed E-state index contributed by atoms with van der Waals surface area (Å²) in [6.45, 7) is 6.98. The van der Waals surface area contributed by atoms with Crippen molar-refractivity contribution in [3.63, 3.8) is 0 Å². The molecule has 2 aromatic heterocycles. The highest BCUT2D eigenvalue weighted by Crippen LogP contribution is 2.45. The zero-order valence-corrected chi connectivity index (χ0v) is 24.1. The number of hydrogen-bond acceptors (Lipinski definition) is 3. The van der Waals surface area contributed by atoms with Crippen LogP contribution in [0.1, 0.15) is 48.8 Å². The van der Waals surface area contributed by atoms with Crippen molar-refractivity contribution in [3.05, 3.63) is 119 Å². The van der Waals surface area contributed by atoms with Gasteiger partial charge in [-0.2, -0.15) is 5.26 Å². The third-order valence-electron chi connectivity index (χ3n) is 8.07. The monoisotopic (exact) mass is 539 g/mol. The smallest absolute Gasteiger partial charge is 0.134 e. The largest absolute Gasteiger partial charge is 0.309 e. The van der Waals surface area contributed by atoms with E-state index in [1.165, 1.54) is 10.4 Å². The fourth-order valence-electron chi connectivity index (χ4n) is 5.83. The molecule has 5 aromatic rings. The van der Waals surface area contributed by atoms with E-state index in [1.807, 2.05) is 24.4 Å². The van der Waals surface area contributed by atoms with Gasteiger partial charge < -0.3 is 4.57 Å². The summed E-state index contributed by atoms with van der Waals surface area (Å²) in [6, 6.07) is 36.2. The molecule has 0 fully saturated rings. The summed E-state index contributed by atoms with van der Waals surface area (Å²) in [6.07, 6.45) is 5.09. The Balaban J connectivity index is 1.51. The highest BCUT2D eigenvalue weighted by Gasteiger charge is 2.32. The number of para-hydroxylation sites is 1. The number of benzene rings is 3. The molecule has 0 spiro atoms. The molecule has 1 atom stereocenters. The Kier molecular flexibility index (Phi) is 7.00. The predicted octanol–water partition coefficient (Wildman–Crippen LogP) is 9.65. The average molecular weight is 540 g/mol. The topological polar surface area (TPSA) is 41.1 Å². The van der Waals surface area contributed by atoms with Gasteiger partial charge in [-0.05, 0) is 65.5 Å². The van der Waals surface area contributed by atoms with Gasteiger partial charge >= 0.3 is 0 Å². The first kappa shape index (κ1) is 26.0. The highest BCUT2D eigenvalue weighted by atomic mass is 32.1. The summed E-state index contributed by atoms with van der Waals surface area (Å²) in [5, 5.41) is 11.0. The number of thiophene rings is 1. The van der Waals surface area contributed by atoms with Gasteiger partial charge in [0.2, 0.25) is 0 Å². The fraction of sp³-hybridized carbons (Fsp3) is 0.222. The molecule has 0 unspecified atom stereocenters. The lowest BCUT2D eigenvalue weighted by Gasteiger charge is -2.33. The zero-order chi connectivity index (χ0) is 27.7. The van der Waals surface area contributed by atoms with E-state index in [9.17, 15) is 5.26 Å². The summed E-state index contributed by atoms with van der Waals surface area (Å²) >= 11 is 1.70. The van der Waals surface area contributed by atoms with Crippen LogP contribution in [0.25, 0.3) is 28.2 Å². The van der Waals surface area contributed by atoms with E-state index in [0.29, 0.717) is 5.92 Å². The van der Waals surface area contributed by atoms with E-state index in [0.717, 1.165) is 63.6 Å². The number of hydrogen-bond donors (Lipinski definition) is 0. The highest BCUT2D eigenvalue weighted by molar-refractivity contribution is 7.16. The molecule has 0 saturated carbocycles. The van der Waals surface area contributed by atoms with Gasteiger partial charge in [-0.3, -0.25) is 0 Å². The van der Waals surface area contributed by atoms with E-state index in [-0.39, 0.29) is 5.41 Å². The molecule has 0 saturated heterocycles. The molecular weight excluding hydrogens is 506 g/mol. The summed E-state index contributed by atoms with van der Waals surface area (Å²) in [5.41, 5.74) is 8.80. The molecule has 3 aromatic carbocycles. The Morgan fingerprint density at radius 3 is 2.15 bits per heavy atom. The average Bonchev–Trinajstić information content (AvgIpc) is 3.54. The standard InChI is InChI=1S/C36H33N3S/c1-36(2,3)28-19-20-30-31(23-37)35(40-33(30)22-28)38-24-27-21-32(25-13-7-4-8-14-25)39(29-17-11-6-12-18-29)34(27)26-15-9-5-10-16-26/h4-18,21,24,28H,19-20,22H2,1-3H3/t28-/m0/s1. The van der Waals surface area contributed by atoms with Gasteiger partial charge in [0.15, 0.2) is 0 Å².